The SMILES string of the molecule is CCCCCCCCC[P]Cc1ccccc1. The zero-order chi connectivity index (χ0) is 12.2. The summed E-state index contributed by atoms with van der Waals surface area (Å²) in [6.45, 7) is 2.28. The Morgan fingerprint density at radius 3 is 2.18 bits per heavy atom. The molecule has 0 aliphatic rings. The molecule has 0 fully saturated rings. The molecule has 1 aromatic carbocycles. The van der Waals surface area contributed by atoms with Crippen LogP contribution in [-0.2, 0) is 6.16 Å². The highest BCUT2D eigenvalue weighted by molar-refractivity contribution is 7.37. The van der Waals surface area contributed by atoms with Gasteiger partial charge in [0.15, 0.2) is 0 Å². The molecule has 0 atom stereocenters. The summed E-state index contributed by atoms with van der Waals surface area (Å²) in [5, 5.41) is 0. The molecule has 0 aromatic heterocycles. The molecule has 0 aliphatic carbocycles. The van der Waals surface area contributed by atoms with Gasteiger partial charge in [-0.2, -0.15) is 0 Å². The van der Waals surface area contributed by atoms with Crippen molar-refractivity contribution in [1.82, 2.24) is 0 Å². The molecule has 0 unspecified atom stereocenters. The molecule has 1 radical (unpaired) electrons. The van der Waals surface area contributed by atoms with Crippen LogP contribution >= 0.6 is 8.58 Å². The minimum absolute atomic E-state index is 1.23. The lowest BCUT2D eigenvalue weighted by atomic mass is 10.1. The Morgan fingerprint density at radius 1 is 0.824 bits per heavy atom. The Kier molecular flexibility index (Phi) is 9.33. The Bertz CT molecular complexity index is 255. The summed E-state index contributed by atoms with van der Waals surface area (Å²) in [5.74, 6) is 0. The second kappa shape index (κ2) is 10.8. The standard InChI is InChI=1S/C16H26P/c1-2-3-4-5-6-7-11-14-17-15-16-12-9-8-10-13-16/h8-10,12-13H,2-7,11,14-15H2,1H3. The van der Waals surface area contributed by atoms with E-state index in [4.69, 9.17) is 0 Å². The van der Waals surface area contributed by atoms with Crippen LogP contribution in [0.4, 0.5) is 0 Å². The van der Waals surface area contributed by atoms with E-state index < -0.39 is 0 Å². The summed E-state index contributed by atoms with van der Waals surface area (Å²) < 4.78 is 0. The van der Waals surface area contributed by atoms with Gasteiger partial charge in [-0.15, -0.1) is 0 Å². The highest BCUT2D eigenvalue weighted by Crippen LogP contribution is 2.20. The molecule has 0 nitrogen and oxygen atoms in total. The second-order valence-electron chi connectivity index (χ2n) is 4.71. The summed E-state index contributed by atoms with van der Waals surface area (Å²) in [6, 6.07) is 10.8. The minimum Gasteiger partial charge on any atom is -0.0762 e. The molecule has 0 bridgehead atoms. The van der Waals surface area contributed by atoms with Gasteiger partial charge in [0.1, 0.15) is 0 Å². The molecule has 0 aliphatic heterocycles. The molecule has 0 amide bonds. The first-order valence-electron chi connectivity index (χ1n) is 7.10. The Hall–Kier alpha value is -0.350. The van der Waals surface area contributed by atoms with Gasteiger partial charge in [0.05, 0.1) is 0 Å². The normalized spacial score (nSPS) is 11.4. The predicted molar refractivity (Wildman–Crippen MR) is 79.9 cm³/mol. The van der Waals surface area contributed by atoms with E-state index in [0.717, 1.165) is 0 Å². The largest absolute Gasteiger partial charge is 0.0762 e. The second-order valence-corrected chi connectivity index (χ2v) is 5.92. The summed E-state index contributed by atoms with van der Waals surface area (Å²) in [5.41, 5.74) is 1.48. The van der Waals surface area contributed by atoms with Gasteiger partial charge in [-0.25, -0.2) is 0 Å². The fourth-order valence-electron chi connectivity index (χ4n) is 1.97. The van der Waals surface area contributed by atoms with Crippen molar-refractivity contribution in [2.45, 2.75) is 58.0 Å². The van der Waals surface area contributed by atoms with Gasteiger partial charge in [-0.1, -0.05) is 84.4 Å². The van der Waals surface area contributed by atoms with Gasteiger partial charge >= 0.3 is 0 Å². The summed E-state index contributed by atoms with van der Waals surface area (Å²) >= 11 is 0. The van der Waals surface area contributed by atoms with Gasteiger partial charge in [0, 0.05) is 0 Å². The first kappa shape index (κ1) is 14.7. The van der Waals surface area contributed by atoms with E-state index in [9.17, 15) is 0 Å². The molecular weight excluding hydrogens is 223 g/mol. The predicted octanol–water partition coefficient (Wildman–Crippen LogP) is 5.88. The van der Waals surface area contributed by atoms with Crippen LogP contribution < -0.4 is 0 Å². The van der Waals surface area contributed by atoms with E-state index in [2.05, 4.69) is 37.3 Å². The Morgan fingerprint density at radius 2 is 1.47 bits per heavy atom. The van der Waals surface area contributed by atoms with Crippen molar-refractivity contribution in [1.29, 1.82) is 0 Å². The van der Waals surface area contributed by atoms with Crippen LogP contribution in [0.25, 0.3) is 0 Å². The molecule has 17 heavy (non-hydrogen) atoms. The van der Waals surface area contributed by atoms with Crippen molar-refractivity contribution < 1.29 is 0 Å². The molecule has 1 aromatic rings. The van der Waals surface area contributed by atoms with Crippen LogP contribution in [0.3, 0.4) is 0 Å². The lowest BCUT2D eigenvalue weighted by Gasteiger charge is -2.02. The van der Waals surface area contributed by atoms with Gasteiger partial charge < -0.3 is 0 Å². The quantitative estimate of drug-likeness (QED) is 0.358. The average molecular weight is 249 g/mol. The lowest BCUT2D eigenvalue weighted by Crippen LogP contribution is -1.83. The first-order valence-corrected chi connectivity index (χ1v) is 8.37. The van der Waals surface area contributed by atoms with E-state index in [0.29, 0.717) is 0 Å². The fourth-order valence-corrected chi connectivity index (χ4v) is 3.05. The number of benzene rings is 1. The summed E-state index contributed by atoms with van der Waals surface area (Å²) in [7, 11) is 1.60. The van der Waals surface area contributed by atoms with Gasteiger partial charge in [0.2, 0.25) is 0 Å². The van der Waals surface area contributed by atoms with Crippen molar-refractivity contribution >= 4 is 8.58 Å². The lowest BCUT2D eigenvalue weighted by molar-refractivity contribution is 0.603. The first-order chi connectivity index (χ1) is 8.43. The van der Waals surface area contributed by atoms with Gasteiger partial charge in [-0.05, 0) is 24.3 Å². The smallest absolute Gasteiger partial charge is 0.00342 e. The van der Waals surface area contributed by atoms with E-state index in [1.165, 1.54) is 62.8 Å². The molecule has 0 saturated carbocycles. The third-order valence-corrected chi connectivity index (χ3v) is 4.28. The topological polar surface area (TPSA) is 0 Å². The Labute approximate surface area is 109 Å². The van der Waals surface area contributed by atoms with E-state index in [-0.39, 0.29) is 0 Å². The van der Waals surface area contributed by atoms with E-state index in [1.807, 2.05) is 0 Å². The molecule has 0 N–H and O–H groups in total. The minimum atomic E-state index is 1.23. The molecule has 1 heteroatoms. The number of rotatable bonds is 10. The van der Waals surface area contributed by atoms with Crippen molar-refractivity contribution in [2.24, 2.45) is 0 Å². The zero-order valence-electron chi connectivity index (χ0n) is 11.2. The van der Waals surface area contributed by atoms with Crippen LogP contribution in [0, 0.1) is 0 Å². The van der Waals surface area contributed by atoms with Crippen LogP contribution in [-0.4, -0.2) is 6.16 Å². The van der Waals surface area contributed by atoms with Crippen LogP contribution in [0.2, 0.25) is 0 Å². The highest BCUT2D eigenvalue weighted by atomic mass is 31.1. The monoisotopic (exact) mass is 249 g/mol. The van der Waals surface area contributed by atoms with Crippen molar-refractivity contribution in [3.8, 4) is 0 Å². The molecule has 0 saturated heterocycles. The highest BCUT2D eigenvalue weighted by Gasteiger charge is 1.94. The third kappa shape index (κ3) is 8.38. The molecular formula is C16H26P. The summed E-state index contributed by atoms with van der Waals surface area (Å²) in [4.78, 5) is 0. The zero-order valence-corrected chi connectivity index (χ0v) is 12.1. The molecule has 0 heterocycles. The van der Waals surface area contributed by atoms with E-state index in [1.54, 1.807) is 8.58 Å². The molecule has 0 spiro atoms. The maximum absolute atomic E-state index is 2.28. The van der Waals surface area contributed by atoms with Crippen molar-refractivity contribution in [3.05, 3.63) is 35.9 Å². The fraction of sp³-hybridized carbons (Fsp3) is 0.625. The maximum atomic E-state index is 2.28. The van der Waals surface area contributed by atoms with Crippen LogP contribution in [0.15, 0.2) is 30.3 Å². The number of unbranched alkanes of at least 4 members (excludes halogenated alkanes) is 6. The summed E-state index contributed by atoms with van der Waals surface area (Å²) in [6.07, 6.45) is 12.6. The van der Waals surface area contributed by atoms with Gasteiger partial charge in [0.25, 0.3) is 0 Å². The molecule has 1 rings (SSSR count). The number of hydrogen-bond donors (Lipinski definition) is 0. The average Bonchev–Trinajstić information content (AvgIpc) is 2.38. The molecule has 95 valence electrons. The van der Waals surface area contributed by atoms with Crippen molar-refractivity contribution in [3.63, 3.8) is 0 Å². The number of hydrogen-bond acceptors (Lipinski definition) is 0. The van der Waals surface area contributed by atoms with Crippen molar-refractivity contribution in [2.75, 3.05) is 6.16 Å². The van der Waals surface area contributed by atoms with E-state index >= 15 is 0 Å². The maximum Gasteiger partial charge on any atom is -0.00342 e. The van der Waals surface area contributed by atoms with Crippen LogP contribution in [0.5, 0.6) is 0 Å². The van der Waals surface area contributed by atoms with Crippen LogP contribution in [0.1, 0.15) is 57.4 Å². The van der Waals surface area contributed by atoms with Gasteiger partial charge in [-0.3, -0.25) is 0 Å². The Balaban J connectivity index is 1.85. The third-order valence-electron chi connectivity index (χ3n) is 3.06.